The molecule has 0 saturated carbocycles. The van der Waals surface area contributed by atoms with Gasteiger partial charge >= 0.3 is 6.09 Å². The van der Waals surface area contributed by atoms with Crippen molar-refractivity contribution >= 4 is 6.09 Å². The number of benzene rings is 1. The number of aryl methyl sites for hydroxylation is 1. The fourth-order valence-electron chi connectivity index (χ4n) is 2.90. The first-order valence-electron chi connectivity index (χ1n) is 7.48. The first-order chi connectivity index (χ1) is 9.81. The lowest BCUT2D eigenvalue weighted by Gasteiger charge is -2.27. The summed E-state index contributed by atoms with van der Waals surface area (Å²) in [4.78, 5) is 14.0. The number of rotatable bonds is 2. The van der Waals surface area contributed by atoms with E-state index in [1.165, 1.54) is 11.1 Å². The standard InChI is InChI=1S/C17H25NO3/c1-12-7-5-6-8-15(12)13-9-14(11-19)18(10-13)16(20)21-17(2,3)4/h5-8,13-14,19H,9-11H2,1-4H3/t13?,14-/m0/s1. The molecule has 1 fully saturated rings. The molecule has 1 heterocycles. The molecule has 1 unspecified atom stereocenters. The summed E-state index contributed by atoms with van der Waals surface area (Å²) < 4.78 is 5.44. The highest BCUT2D eigenvalue weighted by molar-refractivity contribution is 5.69. The second-order valence-corrected chi connectivity index (χ2v) is 6.76. The number of carbonyl (C=O) groups is 1. The van der Waals surface area contributed by atoms with Crippen molar-refractivity contribution in [1.82, 2.24) is 4.90 Å². The quantitative estimate of drug-likeness (QED) is 0.911. The number of hydrogen-bond acceptors (Lipinski definition) is 3. The Hall–Kier alpha value is -1.55. The number of likely N-dealkylation sites (tertiary alicyclic amines) is 1. The number of aliphatic hydroxyl groups is 1. The Kier molecular flexibility index (Phi) is 4.57. The highest BCUT2D eigenvalue weighted by Gasteiger charge is 2.38. The zero-order chi connectivity index (χ0) is 15.6. The van der Waals surface area contributed by atoms with Gasteiger partial charge in [-0.2, -0.15) is 0 Å². The minimum atomic E-state index is -0.516. The molecule has 1 N–H and O–H groups in total. The van der Waals surface area contributed by atoms with Crippen LogP contribution in [0.2, 0.25) is 0 Å². The predicted octanol–water partition coefficient (Wildman–Crippen LogP) is 3.08. The van der Waals surface area contributed by atoms with Crippen LogP contribution in [0.4, 0.5) is 4.79 Å². The van der Waals surface area contributed by atoms with Crippen molar-refractivity contribution in [1.29, 1.82) is 0 Å². The van der Waals surface area contributed by atoms with E-state index in [9.17, 15) is 9.90 Å². The first-order valence-corrected chi connectivity index (χ1v) is 7.48. The lowest BCUT2D eigenvalue weighted by atomic mass is 9.93. The van der Waals surface area contributed by atoms with Gasteiger partial charge in [0, 0.05) is 12.5 Å². The molecule has 2 atom stereocenters. The third kappa shape index (κ3) is 3.76. The fourth-order valence-corrected chi connectivity index (χ4v) is 2.90. The molecule has 116 valence electrons. The van der Waals surface area contributed by atoms with Crippen LogP contribution in [0.3, 0.4) is 0 Å². The maximum Gasteiger partial charge on any atom is 0.410 e. The monoisotopic (exact) mass is 291 g/mol. The summed E-state index contributed by atoms with van der Waals surface area (Å²) in [6, 6.07) is 8.06. The minimum absolute atomic E-state index is 0.0262. The average Bonchev–Trinajstić information content (AvgIpc) is 2.81. The number of aliphatic hydroxyl groups excluding tert-OH is 1. The summed E-state index contributed by atoms with van der Waals surface area (Å²) in [5.74, 6) is 0.260. The Labute approximate surface area is 126 Å². The molecule has 1 aliphatic heterocycles. The van der Waals surface area contributed by atoms with E-state index in [1.807, 2.05) is 32.9 Å². The summed E-state index contributed by atoms with van der Waals surface area (Å²) in [5, 5.41) is 9.57. The van der Waals surface area contributed by atoms with E-state index in [2.05, 4.69) is 19.1 Å². The van der Waals surface area contributed by atoms with Gasteiger partial charge in [0.05, 0.1) is 12.6 Å². The van der Waals surface area contributed by atoms with E-state index < -0.39 is 5.60 Å². The number of ether oxygens (including phenoxy) is 1. The van der Waals surface area contributed by atoms with Gasteiger partial charge in [0.25, 0.3) is 0 Å². The van der Waals surface area contributed by atoms with Crippen molar-refractivity contribution < 1.29 is 14.6 Å². The Balaban J connectivity index is 2.14. The van der Waals surface area contributed by atoms with E-state index in [0.717, 1.165) is 6.42 Å². The summed E-state index contributed by atoms with van der Waals surface area (Å²) >= 11 is 0. The third-order valence-electron chi connectivity index (χ3n) is 3.88. The molecule has 21 heavy (non-hydrogen) atoms. The molecule has 0 radical (unpaired) electrons. The zero-order valence-corrected chi connectivity index (χ0v) is 13.3. The predicted molar refractivity (Wildman–Crippen MR) is 82.4 cm³/mol. The molecule has 4 heteroatoms. The van der Waals surface area contributed by atoms with Gasteiger partial charge in [0.1, 0.15) is 5.60 Å². The molecule has 1 saturated heterocycles. The van der Waals surface area contributed by atoms with Gasteiger partial charge in [-0.25, -0.2) is 4.79 Å². The van der Waals surface area contributed by atoms with Crippen LogP contribution in [0, 0.1) is 6.92 Å². The minimum Gasteiger partial charge on any atom is -0.444 e. The molecular formula is C17H25NO3. The van der Waals surface area contributed by atoms with E-state index in [0.29, 0.717) is 6.54 Å². The highest BCUT2D eigenvalue weighted by atomic mass is 16.6. The van der Waals surface area contributed by atoms with E-state index >= 15 is 0 Å². The molecule has 0 aromatic heterocycles. The Morgan fingerprint density at radius 3 is 2.62 bits per heavy atom. The van der Waals surface area contributed by atoms with Crippen molar-refractivity contribution in [3.05, 3.63) is 35.4 Å². The lowest BCUT2D eigenvalue weighted by molar-refractivity contribution is 0.0174. The van der Waals surface area contributed by atoms with Crippen LogP contribution in [0.5, 0.6) is 0 Å². The van der Waals surface area contributed by atoms with Gasteiger partial charge in [0.2, 0.25) is 0 Å². The zero-order valence-electron chi connectivity index (χ0n) is 13.3. The SMILES string of the molecule is Cc1ccccc1C1C[C@@H](CO)N(C(=O)OC(C)(C)C)C1. The normalized spacial score (nSPS) is 22.4. The van der Waals surface area contributed by atoms with Crippen LogP contribution < -0.4 is 0 Å². The van der Waals surface area contributed by atoms with Gasteiger partial charge in [-0.1, -0.05) is 24.3 Å². The summed E-state index contributed by atoms with van der Waals surface area (Å²) in [7, 11) is 0. The van der Waals surface area contributed by atoms with Crippen molar-refractivity contribution in [2.75, 3.05) is 13.2 Å². The maximum absolute atomic E-state index is 12.3. The Morgan fingerprint density at radius 2 is 2.05 bits per heavy atom. The molecule has 0 bridgehead atoms. The van der Waals surface area contributed by atoms with E-state index in [1.54, 1.807) is 4.90 Å². The van der Waals surface area contributed by atoms with Crippen molar-refractivity contribution in [3.63, 3.8) is 0 Å². The third-order valence-corrected chi connectivity index (χ3v) is 3.88. The number of nitrogens with zero attached hydrogens (tertiary/aromatic N) is 1. The second kappa shape index (κ2) is 6.06. The summed E-state index contributed by atoms with van der Waals surface area (Å²) in [6.07, 6.45) is 0.443. The number of carbonyl (C=O) groups excluding carboxylic acids is 1. The van der Waals surface area contributed by atoms with Gasteiger partial charge < -0.3 is 14.7 Å². The van der Waals surface area contributed by atoms with Crippen LogP contribution >= 0.6 is 0 Å². The number of hydrogen-bond donors (Lipinski definition) is 1. The summed E-state index contributed by atoms with van der Waals surface area (Å²) in [5.41, 5.74) is 1.96. The number of amides is 1. The van der Waals surface area contributed by atoms with Crippen LogP contribution in [-0.4, -0.2) is 40.9 Å². The topological polar surface area (TPSA) is 49.8 Å². The van der Waals surface area contributed by atoms with Crippen molar-refractivity contribution in [2.24, 2.45) is 0 Å². The highest BCUT2D eigenvalue weighted by Crippen LogP contribution is 2.34. The molecule has 0 aliphatic carbocycles. The van der Waals surface area contributed by atoms with E-state index in [-0.39, 0.29) is 24.7 Å². The Bertz CT molecular complexity index is 507. The molecular weight excluding hydrogens is 266 g/mol. The molecule has 1 aromatic carbocycles. The lowest BCUT2D eigenvalue weighted by Crippen LogP contribution is -2.41. The van der Waals surface area contributed by atoms with Crippen LogP contribution in [-0.2, 0) is 4.74 Å². The van der Waals surface area contributed by atoms with Gasteiger partial charge in [-0.05, 0) is 45.2 Å². The molecule has 4 nitrogen and oxygen atoms in total. The smallest absolute Gasteiger partial charge is 0.410 e. The molecule has 2 rings (SSSR count). The van der Waals surface area contributed by atoms with Gasteiger partial charge in [0.15, 0.2) is 0 Å². The second-order valence-electron chi connectivity index (χ2n) is 6.76. The van der Waals surface area contributed by atoms with Crippen LogP contribution in [0.25, 0.3) is 0 Å². The fraction of sp³-hybridized carbons (Fsp3) is 0.588. The van der Waals surface area contributed by atoms with E-state index in [4.69, 9.17) is 4.74 Å². The van der Waals surface area contributed by atoms with Crippen LogP contribution in [0.1, 0.15) is 44.2 Å². The molecule has 1 aromatic rings. The maximum atomic E-state index is 12.3. The first kappa shape index (κ1) is 15.8. The largest absolute Gasteiger partial charge is 0.444 e. The average molecular weight is 291 g/mol. The van der Waals surface area contributed by atoms with Gasteiger partial charge in [-0.15, -0.1) is 0 Å². The molecule has 1 amide bonds. The molecule has 0 spiro atoms. The van der Waals surface area contributed by atoms with Crippen molar-refractivity contribution in [2.45, 2.75) is 51.7 Å². The Morgan fingerprint density at radius 1 is 1.38 bits per heavy atom. The van der Waals surface area contributed by atoms with Crippen molar-refractivity contribution in [3.8, 4) is 0 Å². The van der Waals surface area contributed by atoms with Gasteiger partial charge in [-0.3, -0.25) is 0 Å². The summed E-state index contributed by atoms with van der Waals surface area (Å²) in [6.45, 7) is 8.22. The van der Waals surface area contributed by atoms with Crippen LogP contribution in [0.15, 0.2) is 24.3 Å². The molecule has 1 aliphatic rings.